The molecule has 3 heteroatoms. The van der Waals surface area contributed by atoms with Crippen molar-refractivity contribution >= 4 is 0 Å². The van der Waals surface area contributed by atoms with Crippen LogP contribution in [0.5, 0.6) is 5.75 Å². The van der Waals surface area contributed by atoms with E-state index in [2.05, 4.69) is 11.4 Å². The van der Waals surface area contributed by atoms with Gasteiger partial charge in [0.25, 0.3) is 0 Å². The molecular formula is C12H16N2O. The predicted molar refractivity (Wildman–Crippen MR) is 60.7 cm³/mol. The Bertz CT molecular complexity index is 356. The van der Waals surface area contributed by atoms with Gasteiger partial charge in [0.1, 0.15) is 5.75 Å². The van der Waals surface area contributed by atoms with E-state index < -0.39 is 0 Å². The first-order valence-corrected chi connectivity index (χ1v) is 5.18. The fraction of sp³-hybridized carbons (Fsp3) is 0.333. The lowest BCUT2D eigenvalue weighted by atomic mass is 10.0. The van der Waals surface area contributed by atoms with Gasteiger partial charge in [-0.3, -0.25) is 0 Å². The number of phenols is 1. The molecule has 0 radical (unpaired) electrons. The maximum absolute atomic E-state index is 9.16. The van der Waals surface area contributed by atoms with E-state index in [-0.39, 0.29) is 6.04 Å². The third kappa shape index (κ3) is 2.81. The molecule has 0 saturated heterocycles. The molecule has 15 heavy (non-hydrogen) atoms. The third-order valence-corrected chi connectivity index (χ3v) is 2.55. The molecule has 2 rings (SSSR count). The minimum absolute atomic E-state index is 0.130. The van der Waals surface area contributed by atoms with Crippen molar-refractivity contribution in [1.29, 1.82) is 0 Å². The quantitative estimate of drug-likeness (QED) is 0.624. The van der Waals surface area contributed by atoms with Crippen molar-refractivity contribution in [3.63, 3.8) is 0 Å². The van der Waals surface area contributed by atoms with Crippen LogP contribution in [0.25, 0.3) is 0 Å². The van der Waals surface area contributed by atoms with Gasteiger partial charge in [0.15, 0.2) is 0 Å². The van der Waals surface area contributed by atoms with E-state index in [0.717, 1.165) is 19.5 Å². The fourth-order valence-electron chi connectivity index (χ4n) is 1.82. The van der Waals surface area contributed by atoms with E-state index in [9.17, 15) is 0 Å². The number of rotatable bonds is 2. The second-order valence-corrected chi connectivity index (χ2v) is 3.96. The van der Waals surface area contributed by atoms with Crippen LogP contribution in [-0.4, -0.2) is 24.2 Å². The monoisotopic (exact) mass is 204 g/mol. The summed E-state index contributed by atoms with van der Waals surface area (Å²) in [7, 11) is 0. The highest BCUT2D eigenvalue weighted by Gasteiger charge is 2.09. The molecule has 0 aromatic heterocycles. The standard InChI is InChI=1S/C12H16N2O/c13-11-6-10(7-14-8-11)5-9-1-3-12(15)4-2-9/h1-4,6,11,14-15H,5,7-8,13H2. The van der Waals surface area contributed by atoms with Crippen molar-refractivity contribution in [2.75, 3.05) is 13.1 Å². The van der Waals surface area contributed by atoms with Crippen molar-refractivity contribution in [2.45, 2.75) is 12.5 Å². The van der Waals surface area contributed by atoms with Gasteiger partial charge in [0.2, 0.25) is 0 Å². The van der Waals surface area contributed by atoms with Crippen molar-refractivity contribution in [1.82, 2.24) is 5.32 Å². The molecule has 1 heterocycles. The van der Waals surface area contributed by atoms with Crippen LogP contribution in [-0.2, 0) is 6.42 Å². The average molecular weight is 204 g/mol. The van der Waals surface area contributed by atoms with Gasteiger partial charge >= 0.3 is 0 Å². The first kappa shape index (κ1) is 10.2. The van der Waals surface area contributed by atoms with Crippen molar-refractivity contribution in [3.8, 4) is 5.75 Å². The van der Waals surface area contributed by atoms with Crippen molar-refractivity contribution < 1.29 is 5.11 Å². The fourth-order valence-corrected chi connectivity index (χ4v) is 1.82. The molecule has 1 atom stereocenters. The Kier molecular flexibility index (Phi) is 3.04. The highest BCUT2D eigenvalue weighted by atomic mass is 16.3. The number of benzene rings is 1. The van der Waals surface area contributed by atoms with E-state index >= 15 is 0 Å². The van der Waals surface area contributed by atoms with Crippen molar-refractivity contribution in [2.24, 2.45) is 5.73 Å². The maximum atomic E-state index is 9.16. The number of phenolic OH excluding ortho intramolecular Hbond substituents is 1. The minimum Gasteiger partial charge on any atom is -0.508 e. The van der Waals surface area contributed by atoms with Gasteiger partial charge < -0.3 is 16.2 Å². The Morgan fingerprint density at radius 2 is 2.07 bits per heavy atom. The maximum Gasteiger partial charge on any atom is 0.115 e. The van der Waals surface area contributed by atoms with Crippen LogP contribution in [0.1, 0.15) is 5.56 Å². The van der Waals surface area contributed by atoms with Gasteiger partial charge in [-0.1, -0.05) is 23.8 Å². The van der Waals surface area contributed by atoms with E-state index in [1.54, 1.807) is 12.1 Å². The third-order valence-electron chi connectivity index (χ3n) is 2.55. The molecule has 1 aromatic rings. The Morgan fingerprint density at radius 1 is 1.33 bits per heavy atom. The molecule has 0 spiro atoms. The number of hydrogen-bond donors (Lipinski definition) is 3. The lowest BCUT2D eigenvalue weighted by molar-refractivity contribution is 0.475. The lowest BCUT2D eigenvalue weighted by Gasteiger charge is -2.19. The van der Waals surface area contributed by atoms with Gasteiger partial charge in [0, 0.05) is 19.1 Å². The minimum atomic E-state index is 0.130. The van der Waals surface area contributed by atoms with Gasteiger partial charge in [-0.15, -0.1) is 0 Å². The summed E-state index contributed by atoms with van der Waals surface area (Å²) in [4.78, 5) is 0. The molecular weight excluding hydrogens is 188 g/mol. The highest BCUT2D eigenvalue weighted by Crippen LogP contribution is 2.14. The number of hydrogen-bond acceptors (Lipinski definition) is 3. The topological polar surface area (TPSA) is 58.3 Å². The normalized spacial score (nSPS) is 21.1. The number of aromatic hydroxyl groups is 1. The summed E-state index contributed by atoms with van der Waals surface area (Å²) >= 11 is 0. The first-order valence-electron chi connectivity index (χ1n) is 5.18. The Balaban J connectivity index is 2.05. The van der Waals surface area contributed by atoms with Gasteiger partial charge in [-0.25, -0.2) is 0 Å². The summed E-state index contributed by atoms with van der Waals surface area (Å²) in [5, 5.41) is 12.4. The molecule has 1 aliphatic rings. The summed E-state index contributed by atoms with van der Waals surface area (Å²) < 4.78 is 0. The Morgan fingerprint density at radius 3 is 2.73 bits per heavy atom. The van der Waals surface area contributed by atoms with E-state index in [1.807, 2.05) is 12.1 Å². The molecule has 0 amide bonds. The SMILES string of the molecule is NC1C=C(Cc2ccc(O)cc2)CNC1. The molecule has 0 bridgehead atoms. The highest BCUT2D eigenvalue weighted by molar-refractivity contribution is 5.30. The molecule has 1 aliphatic heterocycles. The zero-order chi connectivity index (χ0) is 10.7. The average Bonchev–Trinajstić information content (AvgIpc) is 2.22. The molecule has 3 nitrogen and oxygen atoms in total. The molecule has 80 valence electrons. The van der Waals surface area contributed by atoms with Crippen LogP contribution in [0.4, 0.5) is 0 Å². The van der Waals surface area contributed by atoms with Crippen molar-refractivity contribution in [3.05, 3.63) is 41.5 Å². The summed E-state index contributed by atoms with van der Waals surface area (Å²) in [6, 6.07) is 7.44. The number of nitrogens with two attached hydrogens (primary N) is 1. The molecule has 0 aliphatic carbocycles. The van der Waals surface area contributed by atoms with E-state index in [0.29, 0.717) is 5.75 Å². The van der Waals surface area contributed by atoms with Gasteiger partial charge in [-0.05, 0) is 24.1 Å². The molecule has 1 unspecified atom stereocenters. The van der Waals surface area contributed by atoms with Crippen LogP contribution in [0.2, 0.25) is 0 Å². The second-order valence-electron chi connectivity index (χ2n) is 3.96. The summed E-state index contributed by atoms with van der Waals surface area (Å²) in [6.07, 6.45) is 3.03. The summed E-state index contributed by atoms with van der Waals surface area (Å²) in [6.45, 7) is 1.77. The van der Waals surface area contributed by atoms with E-state index in [1.165, 1.54) is 11.1 Å². The van der Waals surface area contributed by atoms with Crippen LogP contribution in [0.15, 0.2) is 35.9 Å². The molecule has 0 saturated carbocycles. The number of nitrogens with one attached hydrogen (secondary N) is 1. The predicted octanol–water partition coefficient (Wildman–Crippen LogP) is 0.792. The van der Waals surface area contributed by atoms with Crippen LogP contribution in [0.3, 0.4) is 0 Å². The molecule has 1 aromatic carbocycles. The Hall–Kier alpha value is -1.32. The zero-order valence-electron chi connectivity index (χ0n) is 8.61. The summed E-state index contributed by atoms with van der Waals surface area (Å²) in [5.74, 6) is 0.311. The Labute approximate surface area is 89.6 Å². The van der Waals surface area contributed by atoms with Crippen LogP contribution < -0.4 is 11.1 Å². The zero-order valence-corrected chi connectivity index (χ0v) is 8.61. The van der Waals surface area contributed by atoms with Crippen LogP contribution in [0, 0.1) is 0 Å². The van der Waals surface area contributed by atoms with Gasteiger partial charge in [-0.2, -0.15) is 0 Å². The van der Waals surface area contributed by atoms with Gasteiger partial charge in [0.05, 0.1) is 0 Å². The smallest absolute Gasteiger partial charge is 0.115 e. The van der Waals surface area contributed by atoms with Crippen LogP contribution >= 0.6 is 0 Å². The second kappa shape index (κ2) is 4.47. The molecule has 4 N–H and O–H groups in total. The van der Waals surface area contributed by atoms with E-state index in [4.69, 9.17) is 10.8 Å². The largest absolute Gasteiger partial charge is 0.508 e. The first-order chi connectivity index (χ1) is 7.24. The molecule has 0 fully saturated rings. The lowest BCUT2D eigenvalue weighted by Crippen LogP contribution is -2.38. The summed E-state index contributed by atoms with van der Waals surface area (Å²) in [5.41, 5.74) is 8.35.